The fourth-order valence-corrected chi connectivity index (χ4v) is 3.69. The first-order valence-corrected chi connectivity index (χ1v) is 7.77. The molecule has 0 radical (unpaired) electrons. The fraction of sp³-hybridized carbons (Fsp3) is 0.933. The SMILES string of the molecule is CCN(C(=O)CC1CCCCC1N)C1CCCC1. The number of carbonyl (C=O) groups excluding carboxylic acids is 1. The second kappa shape index (κ2) is 6.55. The van der Waals surface area contributed by atoms with Crippen LogP contribution in [0.4, 0.5) is 0 Å². The molecule has 2 rings (SSSR count). The summed E-state index contributed by atoms with van der Waals surface area (Å²) >= 11 is 0. The molecule has 104 valence electrons. The molecule has 2 fully saturated rings. The van der Waals surface area contributed by atoms with Crippen molar-refractivity contribution in [3.63, 3.8) is 0 Å². The zero-order valence-electron chi connectivity index (χ0n) is 11.7. The molecule has 0 saturated heterocycles. The predicted octanol–water partition coefficient (Wildman–Crippen LogP) is 2.69. The van der Waals surface area contributed by atoms with Crippen LogP contribution in [0.1, 0.15) is 64.7 Å². The summed E-state index contributed by atoms with van der Waals surface area (Å²) in [5, 5.41) is 0. The van der Waals surface area contributed by atoms with Gasteiger partial charge in [-0.1, -0.05) is 25.7 Å². The van der Waals surface area contributed by atoms with Gasteiger partial charge in [-0.25, -0.2) is 0 Å². The monoisotopic (exact) mass is 252 g/mol. The molecular formula is C15H28N2O. The van der Waals surface area contributed by atoms with Crippen LogP contribution in [0.3, 0.4) is 0 Å². The van der Waals surface area contributed by atoms with Crippen molar-refractivity contribution in [1.82, 2.24) is 4.90 Å². The molecular weight excluding hydrogens is 224 g/mol. The van der Waals surface area contributed by atoms with Gasteiger partial charge in [0.15, 0.2) is 0 Å². The highest BCUT2D eigenvalue weighted by molar-refractivity contribution is 5.77. The van der Waals surface area contributed by atoms with Crippen molar-refractivity contribution in [3.8, 4) is 0 Å². The van der Waals surface area contributed by atoms with Gasteiger partial charge in [-0.3, -0.25) is 4.79 Å². The van der Waals surface area contributed by atoms with E-state index in [1.165, 1.54) is 38.5 Å². The molecule has 2 atom stereocenters. The molecule has 3 nitrogen and oxygen atoms in total. The molecule has 0 spiro atoms. The van der Waals surface area contributed by atoms with Crippen LogP contribution in [0.2, 0.25) is 0 Å². The van der Waals surface area contributed by atoms with Crippen LogP contribution in [0.15, 0.2) is 0 Å². The first-order valence-electron chi connectivity index (χ1n) is 7.77. The predicted molar refractivity (Wildman–Crippen MR) is 74.2 cm³/mol. The lowest BCUT2D eigenvalue weighted by molar-refractivity contribution is -0.134. The second-order valence-electron chi connectivity index (χ2n) is 6.03. The van der Waals surface area contributed by atoms with E-state index in [2.05, 4.69) is 11.8 Å². The number of nitrogens with zero attached hydrogens (tertiary/aromatic N) is 1. The van der Waals surface area contributed by atoms with E-state index in [4.69, 9.17) is 5.73 Å². The Morgan fingerprint density at radius 3 is 2.33 bits per heavy atom. The van der Waals surface area contributed by atoms with Crippen molar-refractivity contribution in [2.45, 2.75) is 76.8 Å². The van der Waals surface area contributed by atoms with E-state index in [9.17, 15) is 4.79 Å². The lowest BCUT2D eigenvalue weighted by atomic mass is 9.82. The second-order valence-corrected chi connectivity index (χ2v) is 6.03. The van der Waals surface area contributed by atoms with Crippen LogP contribution < -0.4 is 5.73 Å². The van der Waals surface area contributed by atoms with Gasteiger partial charge in [0.2, 0.25) is 5.91 Å². The number of hydrogen-bond acceptors (Lipinski definition) is 2. The molecule has 2 aliphatic carbocycles. The summed E-state index contributed by atoms with van der Waals surface area (Å²) in [6.07, 6.45) is 10.4. The first kappa shape index (κ1) is 13.9. The van der Waals surface area contributed by atoms with Gasteiger partial charge < -0.3 is 10.6 Å². The van der Waals surface area contributed by atoms with E-state index in [0.717, 1.165) is 19.4 Å². The highest BCUT2D eigenvalue weighted by Gasteiger charge is 2.29. The smallest absolute Gasteiger partial charge is 0.223 e. The van der Waals surface area contributed by atoms with Gasteiger partial charge in [-0.2, -0.15) is 0 Å². The van der Waals surface area contributed by atoms with E-state index in [0.29, 0.717) is 24.3 Å². The average Bonchev–Trinajstić information content (AvgIpc) is 2.87. The molecule has 2 N–H and O–H groups in total. The van der Waals surface area contributed by atoms with Gasteiger partial charge in [-0.05, 0) is 38.5 Å². The summed E-state index contributed by atoms with van der Waals surface area (Å²) in [7, 11) is 0. The van der Waals surface area contributed by atoms with Gasteiger partial charge >= 0.3 is 0 Å². The Morgan fingerprint density at radius 1 is 1.11 bits per heavy atom. The quantitative estimate of drug-likeness (QED) is 0.836. The highest BCUT2D eigenvalue weighted by Crippen LogP contribution is 2.28. The molecule has 0 aromatic rings. The van der Waals surface area contributed by atoms with Crippen molar-refractivity contribution in [1.29, 1.82) is 0 Å². The van der Waals surface area contributed by atoms with Crippen molar-refractivity contribution < 1.29 is 4.79 Å². The van der Waals surface area contributed by atoms with E-state index < -0.39 is 0 Å². The third-order valence-corrected chi connectivity index (χ3v) is 4.83. The number of rotatable bonds is 4. The van der Waals surface area contributed by atoms with E-state index in [1.54, 1.807) is 0 Å². The third kappa shape index (κ3) is 3.25. The van der Waals surface area contributed by atoms with Crippen LogP contribution >= 0.6 is 0 Å². The van der Waals surface area contributed by atoms with Crippen molar-refractivity contribution >= 4 is 5.91 Å². The van der Waals surface area contributed by atoms with Crippen LogP contribution in [0.5, 0.6) is 0 Å². The maximum absolute atomic E-state index is 12.4. The Balaban J connectivity index is 1.88. The third-order valence-electron chi connectivity index (χ3n) is 4.83. The number of nitrogens with two attached hydrogens (primary N) is 1. The highest BCUT2D eigenvalue weighted by atomic mass is 16.2. The molecule has 3 heteroatoms. The Labute approximate surface area is 111 Å². The van der Waals surface area contributed by atoms with Crippen molar-refractivity contribution in [2.75, 3.05) is 6.54 Å². The van der Waals surface area contributed by atoms with Crippen LogP contribution in [-0.4, -0.2) is 29.4 Å². The molecule has 2 unspecified atom stereocenters. The Morgan fingerprint density at radius 2 is 1.72 bits per heavy atom. The molecule has 18 heavy (non-hydrogen) atoms. The summed E-state index contributed by atoms with van der Waals surface area (Å²) in [5.74, 6) is 0.786. The van der Waals surface area contributed by atoms with Crippen LogP contribution in [0.25, 0.3) is 0 Å². The van der Waals surface area contributed by atoms with Gasteiger partial charge in [0.25, 0.3) is 0 Å². The summed E-state index contributed by atoms with van der Waals surface area (Å²) in [5.41, 5.74) is 6.15. The van der Waals surface area contributed by atoms with Crippen molar-refractivity contribution in [2.24, 2.45) is 11.7 Å². The van der Waals surface area contributed by atoms with Gasteiger partial charge in [0.1, 0.15) is 0 Å². The number of amides is 1. The normalized spacial score (nSPS) is 29.4. The minimum absolute atomic E-state index is 0.255. The van der Waals surface area contributed by atoms with Gasteiger partial charge in [0.05, 0.1) is 0 Å². The summed E-state index contributed by atoms with van der Waals surface area (Å²) in [6.45, 7) is 2.97. The van der Waals surface area contributed by atoms with Crippen LogP contribution in [0, 0.1) is 5.92 Å². The number of carbonyl (C=O) groups is 1. The molecule has 0 bridgehead atoms. The zero-order chi connectivity index (χ0) is 13.0. The summed E-state index contributed by atoms with van der Waals surface area (Å²) < 4.78 is 0. The first-order chi connectivity index (χ1) is 8.72. The minimum Gasteiger partial charge on any atom is -0.340 e. The molecule has 2 saturated carbocycles. The molecule has 0 heterocycles. The Kier molecular flexibility index (Phi) is 5.04. The van der Waals surface area contributed by atoms with E-state index >= 15 is 0 Å². The number of hydrogen-bond donors (Lipinski definition) is 1. The van der Waals surface area contributed by atoms with Crippen molar-refractivity contribution in [3.05, 3.63) is 0 Å². The molecule has 0 aliphatic heterocycles. The lowest BCUT2D eigenvalue weighted by Crippen LogP contribution is -2.42. The topological polar surface area (TPSA) is 46.3 Å². The maximum atomic E-state index is 12.4. The molecule has 2 aliphatic rings. The van der Waals surface area contributed by atoms with E-state index in [-0.39, 0.29) is 6.04 Å². The molecule has 0 aromatic carbocycles. The largest absolute Gasteiger partial charge is 0.340 e. The maximum Gasteiger partial charge on any atom is 0.223 e. The standard InChI is InChI=1S/C15H28N2O/c1-2-17(13-8-4-5-9-13)15(18)11-12-7-3-6-10-14(12)16/h12-14H,2-11,16H2,1H3. The average molecular weight is 252 g/mol. The van der Waals surface area contributed by atoms with Crippen LogP contribution in [-0.2, 0) is 4.79 Å². The molecule has 0 aromatic heterocycles. The minimum atomic E-state index is 0.255. The fourth-order valence-electron chi connectivity index (χ4n) is 3.69. The van der Waals surface area contributed by atoms with Gasteiger partial charge in [-0.15, -0.1) is 0 Å². The Bertz CT molecular complexity index is 274. The summed E-state index contributed by atoms with van der Waals surface area (Å²) in [4.78, 5) is 14.6. The van der Waals surface area contributed by atoms with Gasteiger partial charge in [0, 0.05) is 25.0 Å². The van der Waals surface area contributed by atoms with E-state index in [1.807, 2.05) is 0 Å². The molecule has 1 amide bonds. The Hall–Kier alpha value is -0.570. The zero-order valence-corrected chi connectivity index (χ0v) is 11.7. The summed E-state index contributed by atoms with van der Waals surface area (Å²) in [6, 6.07) is 0.771. The lowest BCUT2D eigenvalue weighted by Gasteiger charge is -2.33.